The summed E-state index contributed by atoms with van der Waals surface area (Å²) in [5.74, 6) is 0. The number of aryl methyl sites for hydroxylation is 1. The molecule has 1 nitrogen and oxygen atoms in total. The van der Waals surface area contributed by atoms with Crippen molar-refractivity contribution in [2.24, 2.45) is 0 Å². The van der Waals surface area contributed by atoms with Gasteiger partial charge in [0.2, 0.25) is 0 Å². The van der Waals surface area contributed by atoms with Crippen molar-refractivity contribution in [1.82, 2.24) is 0 Å². The minimum atomic E-state index is 1.13. The zero-order chi connectivity index (χ0) is 11.8. The summed E-state index contributed by atoms with van der Waals surface area (Å²) in [5.41, 5.74) is 2.80. The van der Waals surface area contributed by atoms with Crippen molar-refractivity contribution in [1.29, 1.82) is 0 Å². The van der Waals surface area contributed by atoms with E-state index in [1.165, 1.54) is 69.0 Å². The molecule has 1 aromatic carbocycles. The summed E-state index contributed by atoms with van der Waals surface area (Å²) in [4.78, 5) is 0. The highest BCUT2D eigenvalue weighted by molar-refractivity contribution is 5.45. The van der Waals surface area contributed by atoms with Gasteiger partial charge in [0.1, 0.15) is 0 Å². The predicted molar refractivity (Wildman–Crippen MR) is 75.6 cm³/mol. The van der Waals surface area contributed by atoms with E-state index in [9.17, 15) is 0 Å². The first-order valence-corrected chi connectivity index (χ1v) is 7.28. The Bertz CT molecular complexity index is 292. The number of rotatable bonds is 0. The number of anilines is 1. The molecular weight excluding hydrogens is 206 g/mol. The van der Waals surface area contributed by atoms with Crippen LogP contribution in [0, 0.1) is 0 Å². The van der Waals surface area contributed by atoms with Gasteiger partial charge in [-0.15, -0.1) is 0 Å². The molecule has 1 heteroatoms. The molecule has 0 saturated carbocycles. The van der Waals surface area contributed by atoms with Gasteiger partial charge >= 0.3 is 0 Å². The Morgan fingerprint density at radius 2 is 1.47 bits per heavy atom. The largest absolute Gasteiger partial charge is 0.385 e. The van der Waals surface area contributed by atoms with Crippen LogP contribution in [0.25, 0.3) is 0 Å². The fraction of sp³-hybridized carbons (Fsp3) is 0.625. The van der Waals surface area contributed by atoms with E-state index in [2.05, 4.69) is 29.6 Å². The summed E-state index contributed by atoms with van der Waals surface area (Å²) in [6.45, 7) is 1.13. The van der Waals surface area contributed by atoms with E-state index < -0.39 is 0 Å². The smallest absolute Gasteiger partial charge is 0.0342 e. The first-order chi connectivity index (χ1) is 8.45. The lowest BCUT2D eigenvalue weighted by atomic mass is 10.0. The fourth-order valence-electron chi connectivity index (χ4n) is 2.58. The molecule has 1 N–H and O–H groups in total. The average molecular weight is 231 g/mol. The summed E-state index contributed by atoms with van der Waals surface area (Å²) >= 11 is 0. The van der Waals surface area contributed by atoms with E-state index in [-0.39, 0.29) is 0 Å². The van der Waals surface area contributed by atoms with Crippen molar-refractivity contribution in [3.05, 3.63) is 29.8 Å². The van der Waals surface area contributed by atoms with Crippen LogP contribution in [0.5, 0.6) is 0 Å². The first-order valence-electron chi connectivity index (χ1n) is 7.28. The van der Waals surface area contributed by atoms with Gasteiger partial charge in [0.25, 0.3) is 0 Å². The van der Waals surface area contributed by atoms with Crippen molar-refractivity contribution in [2.75, 3.05) is 11.9 Å². The SMILES string of the molecule is c1cc2cc(c1)NCCCCCCCCCC2. The topological polar surface area (TPSA) is 12.0 Å². The number of hydrogen-bond donors (Lipinski definition) is 1. The molecule has 1 heterocycles. The van der Waals surface area contributed by atoms with E-state index in [0.29, 0.717) is 0 Å². The van der Waals surface area contributed by atoms with E-state index in [0.717, 1.165) is 6.54 Å². The number of nitrogens with one attached hydrogen (secondary N) is 1. The molecule has 0 aliphatic carbocycles. The van der Waals surface area contributed by atoms with Gasteiger partial charge in [-0.2, -0.15) is 0 Å². The molecule has 2 rings (SSSR count). The third-order valence-corrected chi connectivity index (χ3v) is 3.65. The van der Waals surface area contributed by atoms with Crippen LogP contribution in [0.2, 0.25) is 0 Å². The molecule has 94 valence electrons. The zero-order valence-electron chi connectivity index (χ0n) is 10.9. The quantitative estimate of drug-likeness (QED) is 0.678. The minimum absolute atomic E-state index is 1.13. The Kier molecular flexibility index (Phi) is 5.41. The van der Waals surface area contributed by atoms with Crippen molar-refractivity contribution in [3.8, 4) is 0 Å². The maximum atomic E-state index is 3.54. The summed E-state index contributed by atoms with van der Waals surface area (Å²) in [7, 11) is 0. The van der Waals surface area contributed by atoms with E-state index in [4.69, 9.17) is 0 Å². The average Bonchev–Trinajstić information content (AvgIpc) is 2.36. The maximum Gasteiger partial charge on any atom is 0.0342 e. The highest BCUT2D eigenvalue weighted by atomic mass is 14.9. The minimum Gasteiger partial charge on any atom is -0.385 e. The molecule has 1 aliphatic heterocycles. The van der Waals surface area contributed by atoms with Crippen molar-refractivity contribution >= 4 is 5.69 Å². The summed E-state index contributed by atoms with van der Waals surface area (Å²) in [6.07, 6.45) is 12.4. The van der Waals surface area contributed by atoms with Crippen molar-refractivity contribution in [3.63, 3.8) is 0 Å². The standard InChI is InChI=1S/C16H25N/c1-2-4-6-8-13-17-16-12-9-11-15(14-16)10-7-5-3-1/h9,11-12,14,17H,1-8,10,13H2. The van der Waals surface area contributed by atoms with E-state index in [1.807, 2.05) is 0 Å². The second-order valence-electron chi connectivity index (χ2n) is 5.21. The molecule has 0 aromatic heterocycles. The van der Waals surface area contributed by atoms with Gasteiger partial charge < -0.3 is 5.32 Å². The van der Waals surface area contributed by atoms with Crippen LogP contribution >= 0.6 is 0 Å². The number of fused-ring (bicyclic) bond motifs is 2. The van der Waals surface area contributed by atoms with Gasteiger partial charge in [-0.25, -0.2) is 0 Å². The van der Waals surface area contributed by atoms with Gasteiger partial charge in [-0.05, 0) is 37.0 Å². The molecule has 17 heavy (non-hydrogen) atoms. The summed E-state index contributed by atoms with van der Waals surface area (Å²) in [5, 5.41) is 3.54. The van der Waals surface area contributed by atoms with Gasteiger partial charge in [-0.3, -0.25) is 0 Å². The number of hydrogen-bond acceptors (Lipinski definition) is 1. The lowest BCUT2D eigenvalue weighted by Gasteiger charge is -2.10. The van der Waals surface area contributed by atoms with Gasteiger partial charge in [0.15, 0.2) is 0 Å². The van der Waals surface area contributed by atoms with Crippen LogP contribution in [0.3, 0.4) is 0 Å². The third kappa shape index (κ3) is 4.80. The molecule has 1 aromatic rings. The lowest BCUT2D eigenvalue weighted by Crippen LogP contribution is -2.02. The Hall–Kier alpha value is -0.980. The second kappa shape index (κ2) is 7.37. The van der Waals surface area contributed by atoms with Gasteiger partial charge in [0, 0.05) is 12.2 Å². The zero-order valence-corrected chi connectivity index (χ0v) is 10.9. The molecular formula is C16H25N. The van der Waals surface area contributed by atoms with Gasteiger partial charge in [-0.1, -0.05) is 50.7 Å². The molecule has 0 saturated heterocycles. The van der Waals surface area contributed by atoms with Crippen LogP contribution in [-0.4, -0.2) is 6.54 Å². The van der Waals surface area contributed by atoms with E-state index in [1.54, 1.807) is 0 Å². The molecule has 0 atom stereocenters. The lowest BCUT2D eigenvalue weighted by molar-refractivity contribution is 0.571. The summed E-state index contributed by atoms with van der Waals surface area (Å²) in [6, 6.07) is 8.96. The highest BCUT2D eigenvalue weighted by Gasteiger charge is 1.99. The Labute approximate surface area is 106 Å². The van der Waals surface area contributed by atoms with Crippen LogP contribution in [0.1, 0.15) is 56.9 Å². The predicted octanol–water partition coefficient (Wildman–Crippen LogP) is 4.78. The fourth-order valence-corrected chi connectivity index (χ4v) is 2.58. The molecule has 0 radical (unpaired) electrons. The Balaban J connectivity index is 1.91. The number of benzene rings is 1. The van der Waals surface area contributed by atoms with Crippen LogP contribution in [0.15, 0.2) is 24.3 Å². The van der Waals surface area contributed by atoms with Crippen molar-refractivity contribution in [2.45, 2.75) is 57.8 Å². The highest BCUT2D eigenvalue weighted by Crippen LogP contribution is 2.16. The first kappa shape index (κ1) is 12.5. The van der Waals surface area contributed by atoms with Crippen LogP contribution < -0.4 is 5.32 Å². The monoisotopic (exact) mass is 231 g/mol. The second-order valence-corrected chi connectivity index (χ2v) is 5.21. The molecule has 2 bridgehead atoms. The third-order valence-electron chi connectivity index (χ3n) is 3.65. The van der Waals surface area contributed by atoms with Crippen LogP contribution in [-0.2, 0) is 6.42 Å². The van der Waals surface area contributed by atoms with E-state index >= 15 is 0 Å². The van der Waals surface area contributed by atoms with Crippen molar-refractivity contribution < 1.29 is 0 Å². The van der Waals surface area contributed by atoms with Crippen LogP contribution in [0.4, 0.5) is 5.69 Å². The molecule has 0 fully saturated rings. The Morgan fingerprint density at radius 1 is 0.765 bits per heavy atom. The molecule has 0 unspecified atom stereocenters. The Morgan fingerprint density at radius 3 is 2.29 bits per heavy atom. The summed E-state index contributed by atoms with van der Waals surface area (Å²) < 4.78 is 0. The molecule has 0 amide bonds. The van der Waals surface area contributed by atoms with Gasteiger partial charge in [0.05, 0.1) is 0 Å². The maximum absolute atomic E-state index is 3.54. The normalized spacial score (nSPS) is 19.1. The molecule has 1 aliphatic rings. The molecule has 0 spiro atoms.